The molecule has 0 aliphatic carbocycles. The lowest BCUT2D eigenvalue weighted by atomic mass is 10.1. The van der Waals surface area contributed by atoms with Gasteiger partial charge in [0.25, 0.3) is 5.69 Å². The molecule has 0 saturated carbocycles. The van der Waals surface area contributed by atoms with E-state index in [1.165, 1.54) is 22.7 Å². The number of carbonyl (C=O) groups excluding carboxylic acids is 1. The molecule has 0 bridgehead atoms. The molecule has 0 fully saturated rings. The third-order valence-electron chi connectivity index (χ3n) is 4.45. The summed E-state index contributed by atoms with van der Waals surface area (Å²) < 4.78 is 10.5. The number of nitrogens with one attached hydrogen (secondary N) is 1. The Bertz CT molecular complexity index is 1030. The molecule has 2 aromatic rings. The van der Waals surface area contributed by atoms with E-state index in [0.717, 1.165) is 5.56 Å². The van der Waals surface area contributed by atoms with Gasteiger partial charge in [-0.1, -0.05) is 12.2 Å². The maximum Gasteiger partial charge on any atom is 0.347 e. The highest BCUT2D eigenvalue weighted by atomic mass is 32.2. The van der Waals surface area contributed by atoms with E-state index in [9.17, 15) is 14.9 Å². The van der Waals surface area contributed by atoms with E-state index >= 15 is 0 Å². The molecule has 2 amide bonds. The van der Waals surface area contributed by atoms with Crippen molar-refractivity contribution in [1.82, 2.24) is 15.4 Å². The highest BCUT2D eigenvalue weighted by Crippen LogP contribution is 2.39. The zero-order valence-corrected chi connectivity index (χ0v) is 16.9. The van der Waals surface area contributed by atoms with Gasteiger partial charge in [-0.05, 0) is 35.6 Å². The quantitative estimate of drug-likeness (QED) is 0.300. The van der Waals surface area contributed by atoms with Crippen LogP contribution < -0.4 is 15.0 Å². The Morgan fingerprint density at radius 1 is 1.35 bits per heavy atom. The van der Waals surface area contributed by atoms with Crippen LogP contribution >= 0.6 is 11.8 Å². The third-order valence-corrected chi connectivity index (χ3v) is 5.43. The fourth-order valence-electron chi connectivity index (χ4n) is 2.99. The number of fused-ring (bicyclic) bond motifs is 1. The van der Waals surface area contributed by atoms with E-state index in [1.807, 2.05) is 12.1 Å². The van der Waals surface area contributed by atoms with Crippen LogP contribution in [-0.4, -0.2) is 34.2 Å². The Morgan fingerprint density at radius 3 is 2.90 bits per heavy atom. The SMILES string of the molecule is O=C(NOCC=CCc1cc2c(cc1[N+](=O)[O-])OCO2)N1[C]=CSC1c1ccncc1. The summed E-state index contributed by atoms with van der Waals surface area (Å²) in [7, 11) is 0. The maximum absolute atomic E-state index is 12.4. The molecule has 1 aromatic carbocycles. The van der Waals surface area contributed by atoms with Crippen molar-refractivity contribution < 1.29 is 24.0 Å². The smallest absolute Gasteiger partial charge is 0.347 e. The number of rotatable bonds is 7. The molecule has 0 saturated heterocycles. The van der Waals surface area contributed by atoms with Gasteiger partial charge in [0.2, 0.25) is 6.79 Å². The second kappa shape index (κ2) is 9.49. The minimum atomic E-state index is -0.459. The lowest BCUT2D eigenvalue weighted by Gasteiger charge is -2.22. The van der Waals surface area contributed by atoms with E-state index in [4.69, 9.17) is 14.3 Å². The van der Waals surface area contributed by atoms with Crippen LogP contribution in [0.5, 0.6) is 11.5 Å². The number of nitro groups is 1. The molecular weight excluding hydrogens is 424 g/mol. The number of hydrogen-bond donors (Lipinski definition) is 1. The maximum atomic E-state index is 12.4. The Balaban J connectivity index is 1.27. The number of nitro benzene ring substituents is 1. The van der Waals surface area contributed by atoms with E-state index in [2.05, 4.69) is 16.7 Å². The van der Waals surface area contributed by atoms with Gasteiger partial charge in [0.1, 0.15) is 5.37 Å². The first-order valence-corrected chi connectivity index (χ1v) is 10.1. The molecule has 11 heteroatoms. The van der Waals surface area contributed by atoms with Crippen LogP contribution in [-0.2, 0) is 11.3 Å². The number of hydrogen-bond acceptors (Lipinski definition) is 8. The first-order chi connectivity index (χ1) is 15.1. The Labute approximate surface area is 181 Å². The summed E-state index contributed by atoms with van der Waals surface area (Å²) in [4.78, 5) is 33.8. The van der Waals surface area contributed by atoms with E-state index in [0.29, 0.717) is 23.5 Å². The molecule has 0 spiro atoms. The molecule has 2 aliphatic rings. The number of ether oxygens (including phenoxy) is 2. The lowest BCUT2D eigenvalue weighted by Crippen LogP contribution is -2.36. The van der Waals surface area contributed by atoms with Crippen LogP contribution in [0.4, 0.5) is 10.5 Å². The molecule has 1 N–H and O–H groups in total. The van der Waals surface area contributed by atoms with Gasteiger partial charge >= 0.3 is 6.03 Å². The van der Waals surface area contributed by atoms with Crippen molar-refractivity contribution in [2.45, 2.75) is 11.8 Å². The van der Waals surface area contributed by atoms with Crippen LogP contribution in [0.1, 0.15) is 16.5 Å². The fourth-order valence-corrected chi connectivity index (χ4v) is 3.88. The number of nitrogens with zero attached hydrogens (tertiary/aromatic N) is 3. The fraction of sp³-hybridized carbons (Fsp3) is 0.200. The molecular formula is C20H17N4O6S. The summed E-state index contributed by atoms with van der Waals surface area (Å²) in [5, 5.41) is 12.8. The van der Waals surface area contributed by atoms with Gasteiger partial charge in [0.05, 0.1) is 23.8 Å². The molecule has 1 radical (unpaired) electrons. The molecule has 159 valence electrons. The largest absolute Gasteiger partial charge is 0.454 e. The predicted molar refractivity (Wildman–Crippen MR) is 111 cm³/mol. The van der Waals surface area contributed by atoms with Crippen molar-refractivity contribution in [1.29, 1.82) is 0 Å². The Morgan fingerprint density at radius 2 is 2.13 bits per heavy atom. The number of carbonyl (C=O) groups is 1. The van der Waals surface area contributed by atoms with Crippen LogP contribution in [0.15, 0.2) is 54.2 Å². The standard InChI is InChI=1S/C20H17N4O6S/c25-20(23-8-10-31-19(23)14-4-6-21-7-5-14)22-30-9-2-1-3-15-11-17-18(29-13-28-17)12-16(15)24(26)27/h1-2,4-7,10-12,19H,3,9,13H2,(H,22,25). The van der Waals surface area contributed by atoms with Crippen molar-refractivity contribution in [2.24, 2.45) is 0 Å². The van der Waals surface area contributed by atoms with E-state index in [1.54, 1.807) is 36.0 Å². The molecule has 1 atom stereocenters. The summed E-state index contributed by atoms with van der Waals surface area (Å²) in [5.74, 6) is 0.843. The number of pyridine rings is 1. The third kappa shape index (κ3) is 4.78. The normalized spacial score (nSPS) is 16.8. The number of urea groups is 1. The Hall–Kier alpha value is -3.57. The zero-order valence-electron chi connectivity index (χ0n) is 16.1. The number of benzene rings is 1. The lowest BCUT2D eigenvalue weighted by molar-refractivity contribution is -0.385. The van der Waals surface area contributed by atoms with Crippen LogP contribution in [0.3, 0.4) is 0 Å². The van der Waals surface area contributed by atoms with Crippen molar-refractivity contribution in [3.63, 3.8) is 0 Å². The van der Waals surface area contributed by atoms with E-state index < -0.39 is 11.0 Å². The highest BCUT2D eigenvalue weighted by molar-refractivity contribution is 8.02. The number of allylic oxidation sites excluding steroid dienone is 1. The van der Waals surface area contributed by atoms with Gasteiger partial charge in [0, 0.05) is 18.0 Å². The van der Waals surface area contributed by atoms with Crippen molar-refractivity contribution >= 4 is 23.5 Å². The average Bonchev–Trinajstić information content (AvgIpc) is 3.45. The van der Waals surface area contributed by atoms with Gasteiger partial charge in [-0.25, -0.2) is 10.3 Å². The molecule has 1 aromatic heterocycles. The van der Waals surface area contributed by atoms with Crippen LogP contribution in [0, 0.1) is 16.3 Å². The molecule has 2 aliphatic heterocycles. The van der Waals surface area contributed by atoms with Gasteiger partial charge in [-0.2, -0.15) is 0 Å². The predicted octanol–water partition coefficient (Wildman–Crippen LogP) is 3.48. The monoisotopic (exact) mass is 441 g/mol. The highest BCUT2D eigenvalue weighted by Gasteiger charge is 2.28. The van der Waals surface area contributed by atoms with Gasteiger partial charge < -0.3 is 9.47 Å². The van der Waals surface area contributed by atoms with Crippen molar-refractivity contribution in [3.05, 3.63) is 81.7 Å². The molecule has 1 unspecified atom stereocenters. The molecule has 10 nitrogen and oxygen atoms in total. The van der Waals surface area contributed by atoms with Crippen molar-refractivity contribution in [3.8, 4) is 11.5 Å². The number of aromatic nitrogens is 1. The second-order valence-corrected chi connectivity index (χ2v) is 7.33. The van der Waals surface area contributed by atoms with Crippen LogP contribution in [0.2, 0.25) is 0 Å². The number of hydroxylamine groups is 1. The van der Waals surface area contributed by atoms with Gasteiger partial charge in [-0.3, -0.25) is 24.8 Å². The minimum Gasteiger partial charge on any atom is -0.454 e. The summed E-state index contributed by atoms with van der Waals surface area (Å²) in [6.45, 7) is 0.137. The summed E-state index contributed by atoms with van der Waals surface area (Å²) in [6, 6.07) is 6.16. The number of amides is 2. The first kappa shape index (κ1) is 20.7. The van der Waals surface area contributed by atoms with Crippen LogP contribution in [0.25, 0.3) is 0 Å². The molecule has 31 heavy (non-hydrogen) atoms. The first-order valence-electron chi connectivity index (χ1n) is 9.19. The summed E-state index contributed by atoms with van der Waals surface area (Å²) >= 11 is 1.45. The second-order valence-electron chi connectivity index (χ2n) is 6.37. The minimum absolute atomic E-state index is 0.0425. The zero-order chi connectivity index (χ0) is 21.6. The topological polar surface area (TPSA) is 116 Å². The van der Waals surface area contributed by atoms with Crippen molar-refractivity contribution in [2.75, 3.05) is 13.4 Å². The average molecular weight is 441 g/mol. The van der Waals surface area contributed by atoms with Gasteiger partial charge in [-0.15, -0.1) is 11.8 Å². The molecule has 4 rings (SSSR count). The van der Waals surface area contributed by atoms with Gasteiger partial charge in [0.15, 0.2) is 11.5 Å². The number of thioether (sulfide) groups is 1. The Kier molecular flexibility index (Phi) is 6.34. The summed E-state index contributed by atoms with van der Waals surface area (Å²) in [5.41, 5.74) is 3.73. The van der Waals surface area contributed by atoms with E-state index in [-0.39, 0.29) is 24.5 Å². The molecule has 3 heterocycles. The summed E-state index contributed by atoms with van der Waals surface area (Å²) in [6.07, 6.45) is 9.87.